The van der Waals surface area contributed by atoms with Gasteiger partial charge in [0.2, 0.25) is 0 Å². The number of thiophene rings is 1. The monoisotopic (exact) mass is 342 g/mol. The van der Waals surface area contributed by atoms with Crippen LogP contribution in [0, 0.1) is 13.8 Å². The molecule has 24 heavy (non-hydrogen) atoms. The van der Waals surface area contributed by atoms with Crippen LogP contribution in [0.4, 0.5) is 0 Å². The summed E-state index contributed by atoms with van der Waals surface area (Å²) in [5, 5.41) is 6.50. The van der Waals surface area contributed by atoms with Crippen molar-refractivity contribution in [3.8, 4) is 0 Å². The molecule has 4 nitrogen and oxygen atoms in total. The highest BCUT2D eigenvalue weighted by molar-refractivity contribution is 7.17. The number of nitrogens with zero attached hydrogens (tertiary/aromatic N) is 1. The average Bonchev–Trinajstić information content (AvgIpc) is 3.10. The standard InChI is InChI=1S/C19H22N2O2S/c1-12-9-15(13(2)23-12)19(22)20-10-17(21(3)4)16-11-24-18-8-6-5-7-14(16)18/h5-9,11,17H,10H2,1-4H3,(H,20,22)/t17-/m0/s1. The lowest BCUT2D eigenvalue weighted by Gasteiger charge is -2.24. The lowest BCUT2D eigenvalue weighted by Crippen LogP contribution is -2.34. The van der Waals surface area contributed by atoms with E-state index >= 15 is 0 Å². The van der Waals surface area contributed by atoms with Crippen molar-refractivity contribution in [1.29, 1.82) is 0 Å². The quantitative estimate of drug-likeness (QED) is 0.758. The number of hydrogen-bond donors (Lipinski definition) is 1. The molecule has 0 saturated carbocycles. The van der Waals surface area contributed by atoms with Crippen molar-refractivity contribution >= 4 is 27.3 Å². The van der Waals surface area contributed by atoms with Gasteiger partial charge >= 0.3 is 0 Å². The molecule has 5 heteroatoms. The number of carbonyl (C=O) groups is 1. The van der Waals surface area contributed by atoms with Gasteiger partial charge < -0.3 is 14.6 Å². The molecule has 0 aliphatic rings. The molecule has 3 aromatic rings. The van der Waals surface area contributed by atoms with E-state index in [-0.39, 0.29) is 11.9 Å². The zero-order valence-corrected chi connectivity index (χ0v) is 15.2. The van der Waals surface area contributed by atoms with Gasteiger partial charge in [0.15, 0.2) is 0 Å². The van der Waals surface area contributed by atoms with E-state index in [9.17, 15) is 4.79 Å². The Morgan fingerprint density at radius 1 is 1.29 bits per heavy atom. The predicted octanol–water partition coefficient (Wildman–Crippen LogP) is 4.14. The summed E-state index contributed by atoms with van der Waals surface area (Å²) in [5.41, 5.74) is 1.86. The highest BCUT2D eigenvalue weighted by atomic mass is 32.1. The number of nitrogens with one attached hydrogen (secondary N) is 1. The van der Waals surface area contributed by atoms with Crippen molar-refractivity contribution in [1.82, 2.24) is 10.2 Å². The van der Waals surface area contributed by atoms with Crippen LogP contribution in [0.2, 0.25) is 0 Å². The summed E-state index contributed by atoms with van der Waals surface area (Å²) >= 11 is 1.74. The van der Waals surface area contributed by atoms with Gasteiger partial charge in [0.05, 0.1) is 11.6 Å². The molecule has 0 aliphatic carbocycles. The van der Waals surface area contributed by atoms with Crippen LogP contribution in [0.5, 0.6) is 0 Å². The Morgan fingerprint density at radius 3 is 2.71 bits per heavy atom. The second kappa shape index (κ2) is 6.79. The number of amides is 1. The van der Waals surface area contributed by atoms with Gasteiger partial charge in [0.1, 0.15) is 11.5 Å². The smallest absolute Gasteiger partial charge is 0.254 e. The van der Waals surface area contributed by atoms with Crippen molar-refractivity contribution in [2.45, 2.75) is 19.9 Å². The highest BCUT2D eigenvalue weighted by Gasteiger charge is 2.20. The second-order valence-corrected chi connectivity index (χ2v) is 7.11. The molecule has 2 heterocycles. The van der Waals surface area contributed by atoms with Crippen LogP contribution in [-0.2, 0) is 0 Å². The Kier molecular flexibility index (Phi) is 4.73. The van der Waals surface area contributed by atoms with Gasteiger partial charge in [-0.15, -0.1) is 11.3 Å². The first kappa shape index (κ1) is 16.7. The van der Waals surface area contributed by atoms with Gasteiger partial charge in [-0.25, -0.2) is 0 Å². The lowest BCUT2D eigenvalue weighted by molar-refractivity contribution is 0.0940. The van der Waals surface area contributed by atoms with Crippen molar-refractivity contribution in [2.75, 3.05) is 20.6 Å². The number of fused-ring (bicyclic) bond motifs is 1. The molecule has 1 N–H and O–H groups in total. The van der Waals surface area contributed by atoms with E-state index in [4.69, 9.17) is 4.42 Å². The summed E-state index contributed by atoms with van der Waals surface area (Å²) in [4.78, 5) is 14.6. The molecule has 1 atom stereocenters. The van der Waals surface area contributed by atoms with E-state index in [0.29, 0.717) is 17.9 Å². The molecule has 1 amide bonds. The summed E-state index contributed by atoms with van der Waals surface area (Å²) in [5.74, 6) is 1.33. The Hall–Kier alpha value is -2.11. The second-order valence-electron chi connectivity index (χ2n) is 6.20. The third kappa shape index (κ3) is 3.23. The van der Waals surface area contributed by atoms with Crippen LogP contribution in [0.25, 0.3) is 10.1 Å². The number of benzene rings is 1. The third-order valence-corrected chi connectivity index (χ3v) is 5.22. The van der Waals surface area contributed by atoms with Gasteiger partial charge in [-0.05, 0) is 56.4 Å². The van der Waals surface area contributed by atoms with Crippen molar-refractivity contribution in [3.63, 3.8) is 0 Å². The Morgan fingerprint density at radius 2 is 2.04 bits per heavy atom. The minimum absolute atomic E-state index is 0.0873. The fourth-order valence-electron chi connectivity index (χ4n) is 2.97. The predicted molar refractivity (Wildman–Crippen MR) is 98.8 cm³/mol. The Labute approximate surface area is 146 Å². The van der Waals surface area contributed by atoms with E-state index < -0.39 is 0 Å². The average molecular weight is 342 g/mol. The first-order valence-corrected chi connectivity index (χ1v) is 8.83. The van der Waals surface area contributed by atoms with Gasteiger partial charge in [-0.2, -0.15) is 0 Å². The fraction of sp³-hybridized carbons (Fsp3) is 0.316. The molecule has 2 aromatic heterocycles. The molecular formula is C19H22N2O2S. The summed E-state index contributed by atoms with van der Waals surface area (Å²) in [6, 6.07) is 10.3. The van der Waals surface area contributed by atoms with Crippen LogP contribution in [-0.4, -0.2) is 31.4 Å². The Balaban J connectivity index is 1.80. The van der Waals surface area contributed by atoms with Gasteiger partial charge in [-0.3, -0.25) is 4.79 Å². The molecule has 0 aliphatic heterocycles. The van der Waals surface area contributed by atoms with Crippen molar-refractivity contribution in [2.24, 2.45) is 0 Å². The van der Waals surface area contributed by atoms with E-state index in [1.54, 1.807) is 17.4 Å². The normalized spacial score (nSPS) is 12.7. The Bertz CT molecular complexity index is 863. The van der Waals surface area contributed by atoms with Crippen LogP contribution in [0.1, 0.15) is 33.5 Å². The van der Waals surface area contributed by atoms with Crippen molar-refractivity contribution in [3.05, 3.63) is 58.4 Å². The number of carbonyl (C=O) groups excluding carboxylic acids is 1. The number of rotatable bonds is 5. The molecule has 126 valence electrons. The fourth-order valence-corrected chi connectivity index (χ4v) is 3.98. The number of aryl methyl sites for hydroxylation is 2. The van der Waals surface area contributed by atoms with Crippen LogP contribution in [0.3, 0.4) is 0 Å². The van der Waals surface area contributed by atoms with Crippen molar-refractivity contribution < 1.29 is 9.21 Å². The number of furan rings is 1. The molecular weight excluding hydrogens is 320 g/mol. The lowest BCUT2D eigenvalue weighted by atomic mass is 10.0. The minimum Gasteiger partial charge on any atom is -0.466 e. The number of hydrogen-bond acceptors (Lipinski definition) is 4. The summed E-state index contributed by atoms with van der Waals surface area (Å²) in [6.07, 6.45) is 0. The minimum atomic E-state index is -0.0873. The largest absolute Gasteiger partial charge is 0.466 e. The molecule has 1 aromatic carbocycles. The summed E-state index contributed by atoms with van der Waals surface area (Å²) in [7, 11) is 4.08. The first-order chi connectivity index (χ1) is 11.5. The maximum atomic E-state index is 12.5. The molecule has 0 radical (unpaired) electrons. The SMILES string of the molecule is Cc1cc(C(=O)NC[C@@H](c2csc3ccccc23)N(C)C)c(C)o1. The highest BCUT2D eigenvalue weighted by Crippen LogP contribution is 2.32. The van der Waals surface area contributed by atoms with Gasteiger partial charge in [0, 0.05) is 11.2 Å². The van der Waals surface area contributed by atoms with Crippen LogP contribution < -0.4 is 5.32 Å². The zero-order valence-electron chi connectivity index (χ0n) is 14.4. The van der Waals surface area contributed by atoms with E-state index in [1.807, 2.05) is 27.9 Å². The molecule has 0 bridgehead atoms. The van der Waals surface area contributed by atoms with Crippen LogP contribution in [0.15, 0.2) is 40.1 Å². The van der Waals surface area contributed by atoms with E-state index in [0.717, 1.165) is 5.76 Å². The summed E-state index contributed by atoms with van der Waals surface area (Å²) < 4.78 is 6.72. The van der Waals surface area contributed by atoms with E-state index in [2.05, 4.69) is 39.9 Å². The third-order valence-electron chi connectivity index (χ3n) is 4.23. The number of likely N-dealkylation sites (N-methyl/N-ethyl adjacent to an activating group) is 1. The molecule has 0 saturated heterocycles. The molecule has 0 unspecified atom stereocenters. The van der Waals surface area contributed by atoms with Gasteiger partial charge in [0.25, 0.3) is 5.91 Å². The maximum absolute atomic E-state index is 12.5. The molecule has 0 fully saturated rings. The van der Waals surface area contributed by atoms with E-state index in [1.165, 1.54) is 15.6 Å². The molecule has 0 spiro atoms. The first-order valence-electron chi connectivity index (χ1n) is 7.95. The van der Waals surface area contributed by atoms with Crippen LogP contribution >= 0.6 is 11.3 Å². The zero-order chi connectivity index (χ0) is 17.3. The summed E-state index contributed by atoms with van der Waals surface area (Å²) in [6.45, 7) is 4.22. The maximum Gasteiger partial charge on any atom is 0.254 e. The topological polar surface area (TPSA) is 45.5 Å². The molecule has 3 rings (SSSR count). The van der Waals surface area contributed by atoms with Gasteiger partial charge in [-0.1, -0.05) is 18.2 Å².